The highest BCUT2D eigenvalue weighted by atomic mass is 79.9. The zero-order valence-corrected chi connectivity index (χ0v) is 14.7. The highest BCUT2D eigenvalue weighted by Crippen LogP contribution is 2.28. The molecule has 0 spiro atoms. The van der Waals surface area contributed by atoms with Crippen LogP contribution in [0.25, 0.3) is 0 Å². The molecule has 0 heterocycles. The molecule has 20 heavy (non-hydrogen) atoms. The van der Waals surface area contributed by atoms with Gasteiger partial charge in [-0.3, -0.25) is 0 Å². The van der Waals surface area contributed by atoms with E-state index in [4.69, 9.17) is 9.47 Å². The zero-order chi connectivity index (χ0) is 15.2. The van der Waals surface area contributed by atoms with Gasteiger partial charge in [-0.25, -0.2) is 0 Å². The second kappa shape index (κ2) is 8.01. The SMILES string of the molecule is CCNC(Cc1cc(Br)ccc1OC)C(C)(CC)OC. The number of halogens is 1. The van der Waals surface area contributed by atoms with Gasteiger partial charge in [0.1, 0.15) is 5.75 Å². The van der Waals surface area contributed by atoms with Crippen molar-refractivity contribution in [2.75, 3.05) is 20.8 Å². The average molecular weight is 344 g/mol. The Labute approximate surface area is 131 Å². The second-order valence-corrected chi connectivity index (χ2v) is 6.06. The maximum Gasteiger partial charge on any atom is 0.122 e. The first-order valence-corrected chi connectivity index (χ1v) is 7.91. The highest BCUT2D eigenvalue weighted by molar-refractivity contribution is 9.10. The Bertz CT molecular complexity index is 419. The maximum atomic E-state index is 5.76. The van der Waals surface area contributed by atoms with E-state index in [0.29, 0.717) is 0 Å². The van der Waals surface area contributed by atoms with E-state index in [9.17, 15) is 0 Å². The number of nitrogens with one attached hydrogen (secondary N) is 1. The molecule has 0 saturated carbocycles. The van der Waals surface area contributed by atoms with Gasteiger partial charge in [0.05, 0.1) is 12.7 Å². The molecule has 4 heteroatoms. The topological polar surface area (TPSA) is 30.5 Å². The van der Waals surface area contributed by atoms with Crippen molar-refractivity contribution < 1.29 is 9.47 Å². The van der Waals surface area contributed by atoms with Gasteiger partial charge in [0.2, 0.25) is 0 Å². The van der Waals surface area contributed by atoms with Crippen LogP contribution in [0, 0.1) is 0 Å². The van der Waals surface area contributed by atoms with Crippen molar-refractivity contribution in [3.05, 3.63) is 28.2 Å². The molecule has 2 atom stereocenters. The van der Waals surface area contributed by atoms with Gasteiger partial charge in [-0.15, -0.1) is 0 Å². The largest absolute Gasteiger partial charge is 0.496 e. The lowest BCUT2D eigenvalue weighted by molar-refractivity contribution is -0.0284. The summed E-state index contributed by atoms with van der Waals surface area (Å²) in [5.41, 5.74) is 0.994. The van der Waals surface area contributed by atoms with Gasteiger partial charge in [-0.1, -0.05) is 29.8 Å². The van der Waals surface area contributed by atoms with E-state index in [-0.39, 0.29) is 11.6 Å². The van der Waals surface area contributed by atoms with Gasteiger partial charge in [0, 0.05) is 17.6 Å². The fourth-order valence-electron chi connectivity index (χ4n) is 2.41. The van der Waals surface area contributed by atoms with Crippen LogP contribution in [0.5, 0.6) is 5.75 Å². The summed E-state index contributed by atoms with van der Waals surface area (Å²) in [5.74, 6) is 0.922. The Morgan fingerprint density at radius 1 is 1.30 bits per heavy atom. The van der Waals surface area contributed by atoms with Gasteiger partial charge in [0.25, 0.3) is 0 Å². The molecular formula is C16H26BrNO2. The first-order chi connectivity index (χ1) is 9.50. The number of rotatable bonds is 8. The summed E-state index contributed by atoms with van der Waals surface area (Å²) in [6, 6.07) is 6.36. The Morgan fingerprint density at radius 2 is 2.00 bits per heavy atom. The van der Waals surface area contributed by atoms with Crippen molar-refractivity contribution >= 4 is 15.9 Å². The Kier molecular flexibility index (Phi) is 7.00. The summed E-state index contributed by atoms with van der Waals surface area (Å²) >= 11 is 3.53. The number of likely N-dealkylation sites (N-methyl/N-ethyl adjacent to an activating group) is 1. The number of hydrogen-bond donors (Lipinski definition) is 1. The van der Waals surface area contributed by atoms with Gasteiger partial charge < -0.3 is 14.8 Å². The molecular weight excluding hydrogens is 318 g/mol. The predicted octanol–water partition coefficient (Wildman–Crippen LogP) is 3.79. The Morgan fingerprint density at radius 3 is 2.50 bits per heavy atom. The summed E-state index contributed by atoms with van der Waals surface area (Å²) in [5, 5.41) is 3.55. The fraction of sp³-hybridized carbons (Fsp3) is 0.625. The third-order valence-corrected chi connectivity index (χ3v) is 4.52. The second-order valence-electron chi connectivity index (χ2n) is 5.14. The molecule has 0 bridgehead atoms. The van der Waals surface area contributed by atoms with E-state index in [1.54, 1.807) is 14.2 Å². The summed E-state index contributed by atoms with van der Waals surface area (Å²) in [6.45, 7) is 7.35. The minimum Gasteiger partial charge on any atom is -0.496 e. The fourth-order valence-corrected chi connectivity index (χ4v) is 2.82. The molecule has 0 aliphatic rings. The van der Waals surface area contributed by atoms with Crippen molar-refractivity contribution in [3.63, 3.8) is 0 Å². The monoisotopic (exact) mass is 343 g/mol. The average Bonchev–Trinajstić information content (AvgIpc) is 2.46. The lowest BCUT2D eigenvalue weighted by Gasteiger charge is -2.36. The van der Waals surface area contributed by atoms with Crippen molar-refractivity contribution in [2.45, 2.75) is 45.3 Å². The lowest BCUT2D eigenvalue weighted by atomic mass is 9.88. The Hall–Kier alpha value is -0.580. The van der Waals surface area contributed by atoms with Crippen molar-refractivity contribution in [1.82, 2.24) is 5.32 Å². The first kappa shape index (κ1) is 17.5. The predicted molar refractivity (Wildman–Crippen MR) is 87.6 cm³/mol. The van der Waals surface area contributed by atoms with Crippen LogP contribution < -0.4 is 10.1 Å². The molecule has 1 N–H and O–H groups in total. The summed E-state index contributed by atoms with van der Waals surface area (Å²) < 4.78 is 12.3. The molecule has 0 aliphatic carbocycles. The van der Waals surface area contributed by atoms with Gasteiger partial charge in [0.15, 0.2) is 0 Å². The highest BCUT2D eigenvalue weighted by Gasteiger charge is 2.32. The molecule has 2 unspecified atom stereocenters. The third-order valence-electron chi connectivity index (χ3n) is 4.02. The molecule has 0 aliphatic heterocycles. The number of methoxy groups -OCH3 is 2. The minimum absolute atomic E-state index is 0.191. The van der Waals surface area contributed by atoms with Crippen LogP contribution >= 0.6 is 15.9 Å². The number of ether oxygens (including phenoxy) is 2. The summed E-state index contributed by atoms with van der Waals surface area (Å²) in [7, 11) is 3.50. The lowest BCUT2D eigenvalue weighted by Crippen LogP contribution is -2.51. The maximum absolute atomic E-state index is 5.76. The molecule has 114 valence electrons. The molecule has 0 amide bonds. The molecule has 0 fully saturated rings. The van der Waals surface area contributed by atoms with Gasteiger partial charge in [-0.2, -0.15) is 0 Å². The van der Waals surface area contributed by atoms with Crippen LogP contribution in [0.4, 0.5) is 0 Å². The van der Waals surface area contributed by atoms with Crippen molar-refractivity contribution in [1.29, 1.82) is 0 Å². The molecule has 0 radical (unpaired) electrons. The van der Waals surface area contributed by atoms with Crippen LogP contribution in [0.1, 0.15) is 32.8 Å². The molecule has 0 aromatic heterocycles. The van der Waals surface area contributed by atoms with E-state index in [0.717, 1.165) is 29.6 Å². The van der Waals surface area contributed by atoms with Crippen molar-refractivity contribution in [3.8, 4) is 5.75 Å². The molecule has 3 nitrogen and oxygen atoms in total. The summed E-state index contributed by atoms with van der Waals surface area (Å²) in [6.07, 6.45) is 1.83. The minimum atomic E-state index is -0.191. The van der Waals surface area contributed by atoms with Crippen LogP contribution in [0.2, 0.25) is 0 Å². The van der Waals surface area contributed by atoms with Crippen LogP contribution in [-0.2, 0) is 11.2 Å². The normalized spacial score (nSPS) is 15.7. The molecule has 1 rings (SSSR count). The number of benzene rings is 1. The quantitative estimate of drug-likeness (QED) is 0.778. The van der Waals surface area contributed by atoms with Gasteiger partial charge >= 0.3 is 0 Å². The van der Waals surface area contributed by atoms with Crippen molar-refractivity contribution in [2.24, 2.45) is 0 Å². The van der Waals surface area contributed by atoms with Crippen LogP contribution in [-0.4, -0.2) is 32.4 Å². The zero-order valence-electron chi connectivity index (χ0n) is 13.1. The van der Waals surface area contributed by atoms with Crippen LogP contribution in [0.15, 0.2) is 22.7 Å². The van der Waals surface area contributed by atoms with Gasteiger partial charge in [-0.05, 0) is 50.1 Å². The smallest absolute Gasteiger partial charge is 0.122 e. The first-order valence-electron chi connectivity index (χ1n) is 7.11. The standard InChI is InChI=1S/C16H26BrNO2/c1-6-16(3,20-5)15(18-7-2)11-12-10-13(17)8-9-14(12)19-4/h8-10,15,18H,6-7,11H2,1-5H3. The van der Waals surface area contributed by atoms with E-state index < -0.39 is 0 Å². The Balaban J connectivity index is 3.04. The van der Waals surface area contributed by atoms with E-state index in [2.05, 4.69) is 48.1 Å². The molecule has 0 saturated heterocycles. The van der Waals surface area contributed by atoms with E-state index >= 15 is 0 Å². The summed E-state index contributed by atoms with van der Waals surface area (Å²) in [4.78, 5) is 0. The number of hydrogen-bond acceptors (Lipinski definition) is 3. The molecule has 1 aromatic rings. The third kappa shape index (κ3) is 4.21. The molecule has 1 aromatic carbocycles. The van der Waals surface area contributed by atoms with Crippen LogP contribution in [0.3, 0.4) is 0 Å². The van der Waals surface area contributed by atoms with E-state index in [1.807, 2.05) is 12.1 Å². The van der Waals surface area contributed by atoms with E-state index in [1.165, 1.54) is 5.56 Å².